The van der Waals surface area contributed by atoms with E-state index in [-0.39, 0.29) is 24.5 Å². The molecular weight excluding hydrogens is 574 g/mol. The number of carbonyl (C=O) groups is 2. The smallest absolute Gasteiger partial charge is 0.308 e. The van der Waals surface area contributed by atoms with Gasteiger partial charge in [-0.15, -0.1) is 0 Å². The van der Waals surface area contributed by atoms with E-state index in [4.69, 9.17) is 9.47 Å². The minimum Gasteiger partial charge on any atom is -0.466 e. The Hall–Kier alpha value is -1.40. The number of hydrogen-bond donors (Lipinski definition) is 1. The van der Waals surface area contributed by atoms with Gasteiger partial charge in [-0.05, 0) is 90.6 Å². The second-order valence-corrected chi connectivity index (χ2v) is 14.0. The predicted molar refractivity (Wildman–Crippen MR) is 195 cm³/mol. The number of carbonyl (C=O) groups excluding carboxylic acids is 2. The van der Waals surface area contributed by atoms with Gasteiger partial charge in [0.1, 0.15) is 0 Å². The fourth-order valence-electron chi connectivity index (χ4n) is 5.96. The second-order valence-electron chi connectivity index (χ2n) is 14.0. The third kappa shape index (κ3) is 30.0. The molecule has 0 saturated carbocycles. The van der Waals surface area contributed by atoms with Crippen molar-refractivity contribution in [3.8, 4) is 0 Å². The molecule has 2 atom stereocenters. The number of rotatable bonds is 34. The van der Waals surface area contributed by atoms with E-state index in [1.54, 1.807) is 0 Å². The van der Waals surface area contributed by atoms with Crippen LogP contribution in [-0.2, 0) is 19.1 Å². The molecule has 0 rings (SSSR count). The van der Waals surface area contributed by atoms with Crippen LogP contribution in [0.2, 0.25) is 0 Å². The first-order valence-corrected chi connectivity index (χ1v) is 19.6. The Kier molecular flexibility index (Phi) is 32.5. The lowest BCUT2D eigenvalue weighted by Crippen LogP contribution is -2.29. The molecule has 0 radical (unpaired) electrons. The van der Waals surface area contributed by atoms with Crippen molar-refractivity contribution in [2.24, 2.45) is 11.8 Å². The molecule has 6 nitrogen and oxygen atoms in total. The maximum Gasteiger partial charge on any atom is 0.308 e. The van der Waals surface area contributed by atoms with E-state index in [0.717, 1.165) is 103 Å². The van der Waals surface area contributed by atoms with Gasteiger partial charge in [0, 0.05) is 13.0 Å². The second kappa shape index (κ2) is 33.5. The molecule has 0 fully saturated rings. The Morgan fingerprint density at radius 3 is 1.85 bits per heavy atom. The van der Waals surface area contributed by atoms with Crippen molar-refractivity contribution in [1.82, 2.24) is 4.90 Å². The molecule has 0 aliphatic rings. The summed E-state index contributed by atoms with van der Waals surface area (Å²) in [6.07, 6.45) is 27.4. The Morgan fingerprint density at radius 1 is 0.652 bits per heavy atom. The number of aliphatic hydroxyl groups excluding tert-OH is 1. The molecule has 272 valence electrons. The lowest BCUT2D eigenvalue weighted by molar-refractivity contribution is -0.149. The molecule has 0 amide bonds. The van der Waals surface area contributed by atoms with Crippen molar-refractivity contribution in [3.05, 3.63) is 11.6 Å². The molecule has 0 bridgehead atoms. The molecule has 0 heterocycles. The van der Waals surface area contributed by atoms with Crippen molar-refractivity contribution in [1.29, 1.82) is 0 Å². The van der Waals surface area contributed by atoms with Crippen LogP contribution in [0.25, 0.3) is 0 Å². The predicted octanol–water partition coefficient (Wildman–Crippen LogP) is 10.6. The normalized spacial score (nSPS) is 12.7. The maximum absolute atomic E-state index is 12.8. The molecule has 0 aliphatic heterocycles. The van der Waals surface area contributed by atoms with Gasteiger partial charge in [-0.25, -0.2) is 0 Å². The molecular formula is C40H77NO5. The maximum atomic E-state index is 12.8. The summed E-state index contributed by atoms with van der Waals surface area (Å²) < 4.78 is 11.2. The largest absolute Gasteiger partial charge is 0.466 e. The van der Waals surface area contributed by atoms with Crippen molar-refractivity contribution >= 4 is 11.9 Å². The van der Waals surface area contributed by atoms with Crippen LogP contribution >= 0.6 is 0 Å². The van der Waals surface area contributed by atoms with Gasteiger partial charge in [0.15, 0.2) is 0 Å². The zero-order valence-electron chi connectivity index (χ0n) is 31.3. The van der Waals surface area contributed by atoms with Crippen LogP contribution in [0.15, 0.2) is 11.6 Å². The molecule has 1 N–H and O–H groups in total. The lowest BCUT2D eigenvalue weighted by Gasteiger charge is -2.21. The van der Waals surface area contributed by atoms with E-state index in [0.29, 0.717) is 32.1 Å². The summed E-state index contributed by atoms with van der Waals surface area (Å²) in [5.74, 6) is 0.611. The average Bonchev–Trinajstić information content (AvgIpc) is 3.02. The number of esters is 2. The fraction of sp³-hybridized carbons (Fsp3) is 0.900. The number of hydrogen-bond acceptors (Lipinski definition) is 6. The van der Waals surface area contributed by atoms with Crippen molar-refractivity contribution < 1.29 is 24.2 Å². The standard InChI is InChI=1S/C40H77NO5/c1-6-8-10-12-13-18-27-38(26-17-11-9-7-2)40(44)46-34-22-15-14-20-30-41(32-33-42)31-21-16-19-28-39(43)45-35-29-37(5)25-23-24-36(3)4/h24,37-38,42H,6-23,25-35H2,1-5H3/t37-,38?/m0/s1. The number of unbranched alkanes of at least 4 members (excludes halogenated alkanes) is 13. The van der Waals surface area contributed by atoms with Crippen LogP contribution in [-0.4, -0.2) is 61.4 Å². The lowest BCUT2D eigenvalue weighted by atomic mass is 9.94. The highest BCUT2D eigenvalue weighted by Crippen LogP contribution is 2.21. The SMILES string of the molecule is CCCCCCCCC(CCCCCC)C(=O)OCCCCCCN(CCO)CCCCCC(=O)OCC[C@@H](C)CCC=C(C)C. The van der Waals surface area contributed by atoms with Gasteiger partial charge in [0.05, 0.1) is 25.7 Å². The highest BCUT2D eigenvalue weighted by molar-refractivity contribution is 5.72. The van der Waals surface area contributed by atoms with Crippen molar-refractivity contribution in [2.45, 2.75) is 182 Å². The van der Waals surface area contributed by atoms with E-state index in [9.17, 15) is 14.7 Å². The first kappa shape index (κ1) is 44.6. The highest BCUT2D eigenvalue weighted by atomic mass is 16.5. The Bertz CT molecular complexity index is 720. The summed E-state index contributed by atoms with van der Waals surface area (Å²) in [4.78, 5) is 27.3. The summed E-state index contributed by atoms with van der Waals surface area (Å²) in [6.45, 7) is 14.8. The van der Waals surface area contributed by atoms with Gasteiger partial charge < -0.3 is 19.5 Å². The van der Waals surface area contributed by atoms with Crippen LogP contribution in [0, 0.1) is 11.8 Å². The van der Waals surface area contributed by atoms with E-state index in [1.165, 1.54) is 56.9 Å². The zero-order chi connectivity index (χ0) is 34.1. The molecule has 46 heavy (non-hydrogen) atoms. The van der Waals surface area contributed by atoms with Gasteiger partial charge in [0.2, 0.25) is 0 Å². The molecule has 0 spiro atoms. The third-order valence-electron chi connectivity index (χ3n) is 9.12. The Labute approximate surface area is 285 Å². The van der Waals surface area contributed by atoms with Gasteiger partial charge in [-0.3, -0.25) is 9.59 Å². The highest BCUT2D eigenvalue weighted by Gasteiger charge is 2.19. The third-order valence-corrected chi connectivity index (χ3v) is 9.12. The summed E-state index contributed by atoms with van der Waals surface area (Å²) in [5, 5.41) is 9.50. The number of allylic oxidation sites excluding steroid dienone is 2. The molecule has 1 unspecified atom stereocenters. The Balaban J connectivity index is 4.03. The van der Waals surface area contributed by atoms with Crippen LogP contribution in [0.1, 0.15) is 182 Å². The van der Waals surface area contributed by atoms with Crippen LogP contribution in [0.5, 0.6) is 0 Å². The number of nitrogens with zero attached hydrogens (tertiary/aromatic N) is 1. The molecule has 0 saturated heterocycles. The van der Waals surface area contributed by atoms with Crippen molar-refractivity contribution in [3.63, 3.8) is 0 Å². The fourth-order valence-corrected chi connectivity index (χ4v) is 5.96. The van der Waals surface area contributed by atoms with E-state index >= 15 is 0 Å². The topological polar surface area (TPSA) is 76.1 Å². The molecule has 6 heteroatoms. The zero-order valence-corrected chi connectivity index (χ0v) is 31.3. The minimum absolute atomic E-state index is 0.0350. The first-order valence-electron chi connectivity index (χ1n) is 19.6. The summed E-state index contributed by atoms with van der Waals surface area (Å²) in [6, 6.07) is 0. The van der Waals surface area contributed by atoms with Gasteiger partial charge in [-0.1, -0.05) is 116 Å². The van der Waals surface area contributed by atoms with Crippen LogP contribution in [0.4, 0.5) is 0 Å². The van der Waals surface area contributed by atoms with Gasteiger partial charge in [0.25, 0.3) is 0 Å². The monoisotopic (exact) mass is 652 g/mol. The number of ether oxygens (including phenoxy) is 2. The average molecular weight is 652 g/mol. The number of aliphatic hydroxyl groups is 1. The first-order chi connectivity index (χ1) is 22.3. The summed E-state index contributed by atoms with van der Waals surface area (Å²) in [7, 11) is 0. The van der Waals surface area contributed by atoms with Crippen LogP contribution < -0.4 is 0 Å². The van der Waals surface area contributed by atoms with Gasteiger partial charge >= 0.3 is 11.9 Å². The minimum atomic E-state index is -0.0744. The van der Waals surface area contributed by atoms with E-state index in [1.807, 2.05) is 0 Å². The molecule has 0 aromatic heterocycles. The van der Waals surface area contributed by atoms with Crippen LogP contribution in [0.3, 0.4) is 0 Å². The van der Waals surface area contributed by atoms with Gasteiger partial charge in [-0.2, -0.15) is 0 Å². The quantitative estimate of drug-likeness (QED) is 0.0424. The van der Waals surface area contributed by atoms with Crippen molar-refractivity contribution in [2.75, 3.05) is 39.5 Å². The molecule has 0 aromatic carbocycles. The Morgan fingerprint density at radius 2 is 1.22 bits per heavy atom. The summed E-state index contributed by atoms with van der Waals surface area (Å²) >= 11 is 0. The van der Waals surface area contributed by atoms with E-state index < -0.39 is 0 Å². The molecule has 0 aliphatic carbocycles. The van der Waals surface area contributed by atoms with E-state index in [2.05, 4.69) is 45.6 Å². The molecule has 0 aromatic rings. The summed E-state index contributed by atoms with van der Waals surface area (Å²) in [5.41, 5.74) is 1.36.